The molecule has 1 atom stereocenters. The smallest absolute Gasteiger partial charge is 0.266 e. The van der Waals surface area contributed by atoms with Crippen molar-refractivity contribution >= 4 is 40.3 Å². The van der Waals surface area contributed by atoms with E-state index in [1.165, 1.54) is 43.9 Å². The first-order valence-corrected chi connectivity index (χ1v) is 12.4. The molecule has 0 aromatic heterocycles. The van der Waals surface area contributed by atoms with E-state index in [0.29, 0.717) is 9.23 Å². The molecule has 2 aromatic carbocycles. The highest BCUT2D eigenvalue weighted by atomic mass is 32.2. The molecule has 1 heterocycles. The molecule has 0 bridgehead atoms. The third kappa shape index (κ3) is 6.68. The average molecular weight is 454 g/mol. The van der Waals surface area contributed by atoms with Crippen molar-refractivity contribution in [3.05, 3.63) is 70.6 Å². The molecule has 1 saturated heterocycles. The van der Waals surface area contributed by atoms with Gasteiger partial charge in [-0.25, -0.2) is 0 Å². The van der Waals surface area contributed by atoms with Gasteiger partial charge in [0.05, 0.1) is 17.6 Å². The van der Waals surface area contributed by atoms with E-state index in [-0.39, 0.29) is 11.9 Å². The SMILES string of the molecule is CCCCCCCCOc1ccc(C=C2SC(=S)N(C(C)c3ccccc3)C2=O)cc1. The second-order valence-electron chi connectivity index (χ2n) is 7.82. The molecule has 0 saturated carbocycles. The number of nitrogens with zero attached hydrogens (tertiary/aromatic N) is 1. The van der Waals surface area contributed by atoms with E-state index in [0.717, 1.165) is 29.9 Å². The highest BCUT2D eigenvalue weighted by molar-refractivity contribution is 8.26. The predicted octanol–water partition coefficient (Wildman–Crippen LogP) is 7.39. The lowest BCUT2D eigenvalue weighted by molar-refractivity contribution is -0.123. The van der Waals surface area contributed by atoms with Crippen LogP contribution in [0.3, 0.4) is 0 Å². The van der Waals surface area contributed by atoms with Crippen molar-refractivity contribution in [3.8, 4) is 5.75 Å². The van der Waals surface area contributed by atoms with Gasteiger partial charge in [0, 0.05) is 0 Å². The molecule has 2 aromatic rings. The van der Waals surface area contributed by atoms with Crippen LogP contribution in [-0.2, 0) is 4.79 Å². The Balaban J connectivity index is 1.54. The summed E-state index contributed by atoms with van der Waals surface area (Å²) >= 11 is 6.87. The van der Waals surface area contributed by atoms with Crippen LogP contribution in [0.4, 0.5) is 0 Å². The molecule has 3 nitrogen and oxygen atoms in total. The zero-order valence-corrected chi connectivity index (χ0v) is 20.0. The molecule has 31 heavy (non-hydrogen) atoms. The summed E-state index contributed by atoms with van der Waals surface area (Å²) in [5.74, 6) is 0.839. The normalized spacial score (nSPS) is 16.2. The summed E-state index contributed by atoms with van der Waals surface area (Å²) < 4.78 is 6.45. The summed E-state index contributed by atoms with van der Waals surface area (Å²) in [4.78, 5) is 15.4. The Bertz CT molecular complexity index is 893. The summed E-state index contributed by atoms with van der Waals surface area (Å²) in [5, 5.41) is 0. The van der Waals surface area contributed by atoms with Gasteiger partial charge in [-0.3, -0.25) is 9.69 Å². The number of hydrogen-bond donors (Lipinski definition) is 0. The molecule has 0 spiro atoms. The molecule has 1 amide bonds. The van der Waals surface area contributed by atoms with E-state index in [9.17, 15) is 4.79 Å². The van der Waals surface area contributed by atoms with Crippen LogP contribution in [0, 0.1) is 0 Å². The highest BCUT2D eigenvalue weighted by Crippen LogP contribution is 2.38. The molecule has 0 aliphatic carbocycles. The summed E-state index contributed by atoms with van der Waals surface area (Å²) in [5.41, 5.74) is 2.05. The molecule has 3 rings (SSSR count). The minimum atomic E-state index is -0.0858. The molecule has 0 radical (unpaired) electrons. The molecule has 1 fully saturated rings. The number of thioether (sulfide) groups is 1. The van der Waals surface area contributed by atoms with Gasteiger partial charge in [0.1, 0.15) is 10.1 Å². The molecule has 164 valence electrons. The molecule has 0 N–H and O–H groups in total. The lowest BCUT2D eigenvalue weighted by Crippen LogP contribution is -2.30. The fourth-order valence-corrected chi connectivity index (χ4v) is 5.00. The second-order valence-corrected chi connectivity index (χ2v) is 9.50. The molecular weight excluding hydrogens is 422 g/mol. The van der Waals surface area contributed by atoms with Crippen LogP contribution in [-0.4, -0.2) is 21.7 Å². The number of ether oxygens (including phenoxy) is 1. The summed E-state index contributed by atoms with van der Waals surface area (Å²) in [7, 11) is 0. The van der Waals surface area contributed by atoms with Crippen molar-refractivity contribution in [2.24, 2.45) is 0 Å². The van der Waals surface area contributed by atoms with Gasteiger partial charge in [0.2, 0.25) is 0 Å². The lowest BCUT2D eigenvalue weighted by atomic mass is 10.1. The zero-order chi connectivity index (χ0) is 22.1. The Morgan fingerprint density at radius 3 is 2.39 bits per heavy atom. The van der Waals surface area contributed by atoms with Crippen molar-refractivity contribution in [3.63, 3.8) is 0 Å². The van der Waals surface area contributed by atoms with Crippen LogP contribution in [0.5, 0.6) is 5.75 Å². The summed E-state index contributed by atoms with van der Waals surface area (Å²) in [6, 6.07) is 17.8. The largest absolute Gasteiger partial charge is 0.494 e. The maximum atomic E-state index is 13.0. The Kier molecular flexibility index (Phi) is 9.16. The van der Waals surface area contributed by atoms with Crippen molar-refractivity contribution in [2.45, 2.75) is 58.4 Å². The van der Waals surface area contributed by atoms with E-state index in [1.807, 2.05) is 67.6 Å². The summed E-state index contributed by atoms with van der Waals surface area (Å²) in [6.45, 7) is 5.00. The fourth-order valence-electron chi connectivity index (χ4n) is 3.58. The molecule has 1 unspecified atom stereocenters. The molecular formula is C26H31NO2S2. The number of carbonyl (C=O) groups excluding carboxylic acids is 1. The first-order valence-electron chi connectivity index (χ1n) is 11.1. The van der Waals surface area contributed by atoms with Crippen LogP contribution in [0.15, 0.2) is 59.5 Å². The van der Waals surface area contributed by atoms with Crippen molar-refractivity contribution in [2.75, 3.05) is 6.61 Å². The quantitative estimate of drug-likeness (QED) is 0.201. The maximum Gasteiger partial charge on any atom is 0.266 e. The predicted molar refractivity (Wildman–Crippen MR) is 135 cm³/mol. The zero-order valence-electron chi connectivity index (χ0n) is 18.4. The van der Waals surface area contributed by atoms with Gasteiger partial charge >= 0.3 is 0 Å². The third-order valence-corrected chi connectivity index (χ3v) is 6.77. The highest BCUT2D eigenvalue weighted by Gasteiger charge is 2.35. The van der Waals surface area contributed by atoms with Crippen molar-refractivity contribution < 1.29 is 9.53 Å². The van der Waals surface area contributed by atoms with Gasteiger partial charge in [-0.2, -0.15) is 0 Å². The van der Waals surface area contributed by atoms with Crippen molar-refractivity contribution in [1.29, 1.82) is 0 Å². The Labute approximate surface area is 195 Å². The standard InChI is InChI=1S/C26H31NO2S2/c1-3-4-5-6-7-11-18-29-23-16-14-21(15-17-23)19-24-25(28)27(26(30)31-24)20(2)22-12-9-8-10-13-22/h8-10,12-17,19-20H,3-7,11,18H2,1-2H3. The number of amides is 1. The fraction of sp³-hybridized carbons (Fsp3) is 0.385. The van der Waals surface area contributed by atoms with Crippen LogP contribution in [0.25, 0.3) is 6.08 Å². The number of unbranched alkanes of at least 4 members (excludes halogenated alkanes) is 5. The van der Waals surface area contributed by atoms with E-state index < -0.39 is 0 Å². The third-order valence-electron chi connectivity index (χ3n) is 5.44. The monoisotopic (exact) mass is 453 g/mol. The van der Waals surface area contributed by atoms with E-state index in [2.05, 4.69) is 6.92 Å². The van der Waals surface area contributed by atoms with Gasteiger partial charge < -0.3 is 4.74 Å². The minimum Gasteiger partial charge on any atom is -0.494 e. The van der Waals surface area contributed by atoms with Gasteiger partial charge in [-0.1, -0.05) is 105 Å². The first-order chi connectivity index (χ1) is 15.1. The number of benzene rings is 2. The maximum absolute atomic E-state index is 13.0. The molecule has 5 heteroatoms. The first kappa shape index (κ1) is 23.6. The Morgan fingerprint density at radius 1 is 1.00 bits per heavy atom. The van der Waals surface area contributed by atoms with E-state index >= 15 is 0 Å². The number of thiocarbonyl (C=S) groups is 1. The lowest BCUT2D eigenvalue weighted by Gasteiger charge is -2.23. The number of carbonyl (C=O) groups is 1. The van der Waals surface area contributed by atoms with Crippen LogP contribution < -0.4 is 4.74 Å². The topological polar surface area (TPSA) is 29.5 Å². The number of rotatable bonds is 11. The van der Waals surface area contributed by atoms with Crippen LogP contribution in [0.2, 0.25) is 0 Å². The van der Waals surface area contributed by atoms with Gasteiger partial charge in [-0.05, 0) is 42.7 Å². The minimum absolute atomic E-state index is 0.0326. The van der Waals surface area contributed by atoms with Crippen LogP contribution >= 0.6 is 24.0 Å². The second kappa shape index (κ2) is 12.1. The summed E-state index contributed by atoms with van der Waals surface area (Å²) in [6.07, 6.45) is 9.44. The Morgan fingerprint density at radius 2 is 1.68 bits per heavy atom. The number of hydrogen-bond acceptors (Lipinski definition) is 4. The van der Waals surface area contributed by atoms with Crippen LogP contribution in [0.1, 0.15) is 69.5 Å². The van der Waals surface area contributed by atoms with Gasteiger partial charge in [0.15, 0.2) is 0 Å². The van der Waals surface area contributed by atoms with Gasteiger partial charge in [0.25, 0.3) is 5.91 Å². The Hall–Kier alpha value is -2.11. The van der Waals surface area contributed by atoms with E-state index in [4.69, 9.17) is 17.0 Å². The van der Waals surface area contributed by atoms with E-state index in [1.54, 1.807) is 4.90 Å². The van der Waals surface area contributed by atoms with Crippen molar-refractivity contribution in [1.82, 2.24) is 4.90 Å². The molecule has 1 aliphatic heterocycles. The van der Waals surface area contributed by atoms with Gasteiger partial charge in [-0.15, -0.1) is 0 Å². The average Bonchev–Trinajstić information content (AvgIpc) is 3.07. The molecule has 1 aliphatic rings.